The van der Waals surface area contributed by atoms with E-state index in [0.29, 0.717) is 6.42 Å². The summed E-state index contributed by atoms with van der Waals surface area (Å²) in [6, 6.07) is 12.5. The van der Waals surface area contributed by atoms with Crippen molar-refractivity contribution in [3.8, 4) is 0 Å². The summed E-state index contributed by atoms with van der Waals surface area (Å²) in [5, 5.41) is 6.47. The van der Waals surface area contributed by atoms with Crippen LogP contribution in [0.1, 0.15) is 58.3 Å². The number of aliphatic carboxylic acids is 1. The Labute approximate surface area is 210 Å². The molecule has 0 saturated heterocycles. The predicted molar refractivity (Wildman–Crippen MR) is 102 cm³/mol. The third-order valence-corrected chi connectivity index (χ3v) is 4.66. The maximum atomic E-state index is 11.5. The Morgan fingerprint density at radius 2 is 1.54 bits per heavy atom. The van der Waals surface area contributed by atoms with Gasteiger partial charge in [-0.1, -0.05) is 45.4 Å². The van der Waals surface area contributed by atoms with Crippen LogP contribution in [0.2, 0.25) is 0 Å². The Bertz CT molecular complexity index is 594. The molecular formula is C19H29KO7S. The van der Waals surface area contributed by atoms with Crippen LogP contribution in [0.25, 0.3) is 0 Å². The van der Waals surface area contributed by atoms with Gasteiger partial charge in [-0.25, -0.2) is 0 Å². The molecule has 1 atom stereocenters. The number of hydrogen-bond acceptors (Lipinski definition) is 5. The topological polar surface area (TPSA) is 118 Å². The van der Waals surface area contributed by atoms with E-state index in [-0.39, 0.29) is 58.0 Å². The molecule has 0 aliphatic rings. The van der Waals surface area contributed by atoms with E-state index in [1.807, 2.05) is 30.3 Å². The minimum absolute atomic E-state index is 0. The number of carbonyl (C=O) groups is 2. The van der Waals surface area contributed by atoms with E-state index in [9.17, 15) is 18.0 Å². The molecule has 0 saturated carbocycles. The van der Waals surface area contributed by atoms with E-state index in [1.54, 1.807) is 0 Å². The summed E-state index contributed by atoms with van der Waals surface area (Å²) in [5.74, 6) is -2.71. The van der Waals surface area contributed by atoms with Crippen LogP contribution in [0, 0.1) is 6.07 Å². The summed E-state index contributed by atoms with van der Waals surface area (Å²) < 4.78 is 35.4. The molecule has 2 N–H and O–H groups in total. The molecule has 9 heteroatoms. The van der Waals surface area contributed by atoms with Gasteiger partial charge in [0.2, 0.25) is 0 Å². The molecule has 1 rings (SSSR count). The van der Waals surface area contributed by atoms with Crippen molar-refractivity contribution in [2.45, 2.75) is 63.5 Å². The first-order valence-corrected chi connectivity index (χ1v) is 10.5. The Balaban J connectivity index is 0. The van der Waals surface area contributed by atoms with Gasteiger partial charge in [0.15, 0.2) is 5.25 Å². The molecule has 28 heavy (non-hydrogen) atoms. The average Bonchev–Trinajstić information content (AvgIpc) is 2.62. The van der Waals surface area contributed by atoms with Crippen molar-refractivity contribution < 1.29 is 83.8 Å². The normalized spacial score (nSPS) is 11.4. The second-order valence-corrected chi connectivity index (χ2v) is 7.57. The molecule has 0 heterocycles. The van der Waals surface area contributed by atoms with E-state index >= 15 is 0 Å². The molecule has 1 aromatic carbocycles. The van der Waals surface area contributed by atoms with Crippen LogP contribution in [0.5, 0.6) is 0 Å². The fourth-order valence-corrected chi connectivity index (χ4v) is 2.80. The second kappa shape index (κ2) is 18.7. The minimum atomic E-state index is -4.77. The number of carbonyl (C=O) groups excluding carboxylic acids is 1. The van der Waals surface area contributed by atoms with Gasteiger partial charge in [0.05, 0.1) is 13.0 Å². The number of esters is 1. The summed E-state index contributed by atoms with van der Waals surface area (Å²) in [5.41, 5.74) is 0. The zero-order valence-corrected chi connectivity index (χ0v) is 20.6. The van der Waals surface area contributed by atoms with E-state index in [1.165, 1.54) is 12.8 Å². The fourth-order valence-electron chi connectivity index (χ4n) is 2.14. The summed E-state index contributed by atoms with van der Waals surface area (Å²) in [6.45, 7) is 2.15. The molecule has 1 unspecified atom stereocenters. The number of carboxylic acid groups (broad SMARTS) is 1. The molecule has 0 fully saturated rings. The summed E-state index contributed by atoms with van der Waals surface area (Å²) in [7, 11) is -4.77. The van der Waals surface area contributed by atoms with Gasteiger partial charge < -0.3 is 9.84 Å². The quantitative estimate of drug-likeness (QED) is 0.160. The van der Waals surface area contributed by atoms with Gasteiger partial charge in [-0.15, -0.1) is 0 Å². The van der Waals surface area contributed by atoms with E-state index in [0.717, 1.165) is 25.7 Å². The molecule has 7 nitrogen and oxygen atoms in total. The zero-order valence-electron chi connectivity index (χ0n) is 16.7. The average molecular weight is 441 g/mol. The monoisotopic (exact) mass is 440 g/mol. The number of hydrogen-bond donors (Lipinski definition) is 2. The molecular weight excluding hydrogens is 411 g/mol. The van der Waals surface area contributed by atoms with Crippen LogP contribution in [-0.4, -0.2) is 41.9 Å². The third kappa shape index (κ3) is 17.8. The van der Waals surface area contributed by atoms with E-state index < -0.39 is 33.7 Å². The summed E-state index contributed by atoms with van der Waals surface area (Å²) in [6.07, 6.45) is 6.07. The Morgan fingerprint density at radius 3 is 1.93 bits per heavy atom. The first-order chi connectivity index (χ1) is 12.8. The Morgan fingerprint density at radius 1 is 1.00 bits per heavy atom. The van der Waals surface area contributed by atoms with Gasteiger partial charge in [0.25, 0.3) is 10.1 Å². The molecule has 0 amide bonds. The third-order valence-electron chi connectivity index (χ3n) is 3.58. The van der Waals surface area contributed by atoms with Crippen LogP contribution in [0.4, 0.5) is 0 Å². The smallest absolute Gasteiger partial charge is 0.481 e. The molecule has 1 aromatic rings. The maximum Gasteiger partial charge on any atom is 1.00 e. The van der Waals surface area contributed by atoms with Crippen molar-refractivity contribution in [2.75, 3.05) is 6.61 Å². The SMILES string of the molecule is CCCCCCCCCOC(=O)C(CC(=O)O)S(=O)(=O)O.[K+].[c-]1ccccc1. The van der Waals surface area contributed by atoms with Crippen LogP contribution in [0.15, 0.2) is 30.3 Å². The Kier molecular flexibility index (Phi) is 20.0. The van der Waals surface area contributed by atoms with Crippen LogP contribution >= 0.6 is 0 Å². The van der Waals surface area contributed by atoms with Crippen LogP contribution < -0.4 is 51.4 Å². The number of benzene rings is 1. The minimum Gasteiger partial charge on any atom is -0.481 e. The number of ether oxygens (including phenoxy) is 1. The second-order valence-electron chi connectivity index (χ2n) is 5.97. The van der Waals surface area contributed by atoms with Crippen molar-refractivity contribution in [3.05, 3.63) is 36.4 Å². The fraction of sp³-hybridized carbons (Fsp3) is 0.579. The largest absolute Gasteiger partial charge is 1.00 e. The summed E-state index contributed by atoms with van der Waals surface area (Å²) in [4.78, 5) is 22.0. The first kappa shape index (κ1) is 29.9. The van der Waals surface area contributed by atoms with Crippen molar-refractivity contribution in [1.29, 1.82) is 0 Å². The number of unbranched alkanes of at least 4 members (excludes halogenated alkanes) is 6. The van der Waals surface area contributed by atoms with Gasteiger partial charge in [-0.3, -0.25) is 14.1 Å². The van der Waals surface area contributed by atoms with Crippen LogP contribution in [0.3, 0.4) is 0 Å². The van der Waals surface area contributed by atoms with Crippen molar-refractivity contribution >= 4 is 22.1 Å². The van der Waals surface area contributed by atoms with Gasteiger partial charge in [-0.2, -0.15) is 44.8 Å². The van der Waals surface area contributed by atoms with E-state index in [4.69, 9.17) is 14.4 Å². The number of carboxylic acids is 1. The molecule has 0 bridgehead atoms. The molecule has 0 aromatic heterocycles. The molecule has 154 valence electrons. The van der Waals surface area contributed by atoms with E-state index in [2.05, 4.69) is 13.0 Å². The van der Waals surface area contributed by atoms with Gasteiger partial charge >= 0.3 is 63.3 Å². The molecule has 0 radical (unpaired) electrons. The standard InChI is InChI=1S/C13H24O7S.C6H5.K/c1-2-3-4-5-6-7-8-9-20-13(16)11(10-12(14)15)21(17,18)19;1-2-4-6-5-3-1;/h11H,2-10H2,1H3,(H,14,15)(H,17,18,19);1-5H;/q;-1;+1. The zero-order chi connectivity index (χ0) is 20.5. The molecule has 0 aliphatic carbocycles. The van der Waals surface area contributed by atoms with Gasteiger partial charge in [-0.05, 0) is 6.42 Å². The van der Waals surface area contributed by atoms with Gasteiger partial charge in [0.1, 0.15) is 0 Å². The number of rotatable bonds is 12. The summed E-state index contributed by atoms with van der Waals surface area (Å²) >= 11 is 0. The van der Waals surface area contributed by atoms with Gasteiger partial charge in [0, 0.05) is 0 Å². The van der Waals surface area contributed by atoms with Crippen molar-refractivity contribution in [1.82, 2.24) is 0 Å². The maximum absolute atomic E-state index is 11.5. The van der Waals surface area contributed by atoms with Crippen molar-refractivity contribution in [3.63, 3.8) is 0 Å². The van der Waals surface area contributed by atoms with Crippen LogP contribution in [-0.2, 0) is 24.4 Å². The molecule has 0 spiro atoms. The predicted octanol–water partition coefficient (Wildman–Crippen LogP) is 0.502. The first-order valence-electron chi connectivity index (χ1n) is 9.04. The van der Waals surface area contributed by atoms with Crippen molar-refractivity contribution in [2.24, 2.45) is 0 Å². The molecule has 0 aliphatic heterocycles. The Hall–Kier alpha value is -0.294.